The quantitative estimate of drug-likeness (QED) is 0.707. The number of primary amides is 1. The first-order chi connectivity index (χ1) is 8.99. The lowest BCUT2D eigenvalue weighted by Crippen LogP contribution is -2.46. The lowest BCUT2D eigenvalue weighted by atomic mass is 10.1. The Kier molecular flexibility index (Phi) is 6.84. The van der Waals surface area contributed by atoms with Gasteiger partial charge in [0.05, 0.1) is 13.1 Å². The summed E-state index contributed by atoms with van der Waals surface area (Å²) in [6.45, 7) is 4.30. The number of nitrogens with one attached hydrogen (secondary N) is 1. The number of nitrogens with two attached hydrogens (primary N) is 1. The van der Waals surface area contributed by atoms with Crippen molar-refractivity contribution in [2.24, 2.45) is 5.73 Å². The molecule has 2 amide bonds. The Labute approximate surface area is 115 Å². The van der Waals surface area contributed by atoms with E-state index in [0.717, 1.165) is 12.8 Å². The van der Waals surface area contributed by atoms with E-state index < -0.39 is 5.91 Å². The van der Waals surface area contributed by atoms with E-state index in [9.17, 15) is 9.59 Å². The normalized spacial score (nSPS) is 17.5. The Morgan fingerprint density at radius 3 is 2.21 bits per heavy atom. The zero-order valence-corrected chi connectivity index (χ0v) is 12.2. The maximum atomic E-state index is 12.0. The van der Waals surface area contributed by atoms with E-state index in [4.69, 9.17) is 5.73 Å². The fraction of sp³-hybridized carbons (Fsp3) is 0.857. The molecule has 0 unspecified atom stereocenters. The van der Waals surface area contributed by atoms with Crippen molar-refractivity contribution in [1.29, 1.82) is 0 Å². The third-order valence-electron chi connectivity index (χ3n) is 3.66. The Morgan fingerprint density at radius 2 is 1.74 bits per heavy atom. The zero-order valence-electron chi connectivity index (χ0n) is 12.2. The molecule has 0 bridgehead atoms. The van der Waals surface area contributed by atoms with Gasteiger partial charge in [-0.15, -0.1) is 0 Å². The molecule has 0 aliphatic heterocycles. The molecule has 1 rings (SSSR count). The molecule has 1 aliphatic carbocycles. The molecule has 0 heterocycles. The summed E-state index contributed by atoms with van der Waals surface area (Å²) >= 11 is 0. The summed E-state index contributed by atoms with van der Waals surface area (Å²) < 4.78 is 0. The number of rotatable bonds is 6. The maximum Gasteiger partial charge on any atom is 0.234 e. The van der Waals surface area contributed by atoms with Gasteiger partial charge in [0, 0.05) is 12.1 Å². The molecule has 1 saturated carbocycles. The van der Waals surface area contributed by atoms with Crippen molar-refractivity contribution in [2.75, 3.05) is 13.1 Å². The smallest absolute Gasteiger partial charge is 0.234 e. The number of hydrogen-bond acceptors (Lipinski definition) is 3. The van der Waals surface area contributed by atoms with E-state index in [1.165, 1.54) is 25.7 Å². The van der Waals surface area contributed by atoms with Gasteiger partial charge < -0.3 is 11.1 Å². The SMILES string of the molecule is CC(C)N(CC(N)=O)CC(=O)NC1CCCCCC1. The number of carbonyl (C=O) groups excluding carboxylic acids is 2. The molecule has 0 saturated heterocycles. The van der Waals surface area contributed by atoms with Crippen LogP contribution in [0.3, 0.4) is 0 Å². The van der Waals surface area contributed by atoms with Crippen LogP contribution in [0.5, 0.6) is 0 Å². The van der Waals surface area contributed by atoms with Gasteiger partial charge in [0.15, 0.2) is 0 Å². The van der Waals surface area contributed by atoms with Crippen LogP contribution in [0.2, 0.25) is 0 Å². The van der Waals surface area contributed by atoms with E-state index in [-0.39, 0.29) is 25.0 Å². The Hall–Kier alpha value is -1.10. The van der Waals surface area contributed by atoms with Gasteiger partial charge >= 0.3 is 0 Å². The molecule has 19 heavy (non-hydrogen) atoms. The number of amides is 2. The van der Waals surface area contributed by atoms with E-state index >= 15 is 0 Å². The van der Waals surface area contributed by atoms with E-state index in [1.54, 1.807) is 4.90 Å². The molecular formula is C14H27N3O2. The van der Waals surface area contributed by atoms with Crippen LogP contribution in [0.25, 0.3) is 0 Å². The van der Waals surface area contributed by atoms with E-state index in [0.29, 0.717) is 6.04 Å². The van der Waals surface area contributed by atoms with Crippen molar-refractivity contribution in [1.82, 2.24) is 10.2 Å². The minimum absolute atomic E-state index is 0.00171. The van der Waals surface area contributed by atoms with Crippen molar-refractivity contribution in [3.63, 3.8) is 0 Å². The third kappa shape index (κ3) is 6.57. The van der Waals surface area contributed by atoms with Gasteiger partial charge in [-0.1, -0.05) is 25.7 Å². The largest absolute Gasteiger partial charge is 0.369 e. The van der Waals surface area contributed by atoms with Crippen LogP contribution in [-0.2, 0) is 9.59 Å². The topological polar surface area (TPSA) is 75.4 Å². The lowest BCUT2D eigenvalue weighted by Gasteiger charge is -2.25. The first-order valence-electron chi connectivity index (χ1n) is 7.30. The second-order valence-electron chi connectivity index (χ2n) is 5.72. The van der Waals surface area contributed by atoms with Gasteiger partial charge in [-0.05, 0) is 26.7 Å². The van der Waals surface area contributed by atoms with Gasteiger partial charge in [-0.2, -0.15) is 0 Å². The Morgan fingerprint density at radius 1 is 1.16 bits per heavy atom. The highest BCUT2D eigenvalue weighted by molar-refractivity contribution is 5.80. The molecule has 5 heteroatoms. The van der Waals surface area contributed by atoms with Gasteiger partial charge in [0.25, 0.3) is 0 Å². The summed E-state index contributed by atoms with van der Waals surface area (Å²) in [7, 11) is 0. The molecular weight excluding hydrogens is 242 g/mol. The number of hydrogen-bond donors (Lipinski definition) is 2. The van der Waals surface area contributed by atoms with Crippen molar-refractivity contribution in [3.05, 3.63) is 0 Å². The van der Waals surface area contributed by atoms with E-state index in [1.807, 2.05) is 13.8 Å². The van der Waals surface area contributed by atoms with Crippen LogP contribution < -0.4 is 11.1 Å². The summed E-state index contributed by atoms with van der Waals surface area (Å²) in [5.74, 6) is -0.391. The predicted molar refractivity (Wildman–Crippen MR) is 75.5 cm³/mol. The Balaban J connectivity index is 2.40. The zero-order chi connectivity index (χ0) is 14.3. The van der Waals surface area contributed by atoms with Gasteiger partial charge in [0.1, 0.15) is 0 Å². The third-order valence-corrected chi connectivity index (χ3v) is 3.66. The number of nitrogens with zero attached hydrogens (tertiary/aromatic N) is 1. The molecule has 0 aromatic rings. The van der Waals surface area contributed by atoms with Gasteiger partial charge in [-0.3, -0.25) is 14.5 Å². The van der Waals surface area contributed by atoms with Crippen molar-refractivity contribution in [2.45, 2.75) is 64.5 Å². The van der Waals surface area contributed by atoms with Crippen molar-refractivity contribution >= 4 is 11.8 Å². The molecule has 110 valence electrons. The fourth-order valence-corrected chi connectivity index (χ4v) is 2.50. The second-order valence-corrected chi connectivity index (χ2v) is 5.72. The highest BCUT2D eigenvalue weighted by atomic mass is 16.2. The first kappa shape index (κ1) is 16.0. The molecule has 3 N–H and O–H groups in total. The molecule has 0 spiro atoms. The second kappa shape index (κ2) is 8.15. The summed E-state index contributed by atoms with van der Waals surface area (Å²) in [6, 6.07) is 0.435. The molecule has 0 radical (unpaired) electrons. The van der Waals surface area contributed by atoms with Crippen LogP contribution in [0.4, 0.5) is 0 Å². The summed E-state index contributed by atoms with van der Waals surface area (Å²) in [4.78, 5) is 24.8. The average Bonchev–Trinajstić information content (AvgIpc) is 2.56. The molecule has 0 aromatic carbocycles. The molecule has 1 aliphatic rings. The lowest BCUT2D eigenvalue weighted by molar-refractivity contribution is -0.125. The molecule has 5 nitrogen and oxygen atoms in total. The molecule has 0 aromatic heterocycles. The van der Waals surface area contributed by atoms with Crippen LogP contribution in [-0.4, -0.2) is 41.9 Å². The maximum absolute atomic E-state index is 12.0. The predicted octanol–water partition coefficient (Wildman–Crippen LogP) is 1.02. The van der Waals surface area contributed by atoms with Crippen molar-refractivity contribution < 1.29 is 9.59 Å². The van der Waals surface area contributed by atoms with Crippen LogP contribution in [0.1, 0.15) is 52.4 Å². The molecule has 0 atom stereocenters. The highest BCUT2D eigenvalue weighted by Crippen LogP contribution is 2.17. The number of carbonyl (C=O) groups is 2. The van der Waals surface area contributed by atoms with Gasteiger partial charge in [-0.25, -0.2) is 0 Å². The Bertz CT molecular complexity index is 297. The fourth-order valence-electron chi connectivity index (χ4n) is 2.50. The van der Waals surface area contributed by atoms with E-state index in [2.05, 4.69) is 5.32 Å². The van der Waals surface area contributed by atoms with Gasteiger partial charge in [0.2, 0.25) is 11.8 Å². The first-order valence-corrected chi connectivity index (χ1v) is 7.30. The molecule has 1 fully saturated rings. The van der Waals surface area contributed by atoms with Crippen LogP contribution in [0.15, 0.2) is 0 Å². The van der Waals surface area contributed by atoms with Crippen LogP contribution >= 0.6 is 0 Å². The summed E-state index contributed by atoms with van der Waals surface area (Å²) in [5.41, 5.74) is 5.20. The van der Waals surface area contributed by atoms with Crippen molar-refractivity contribution in [3.8, 4) is 0 Å². The minimum Gasteiger partial charge on any atom is -0.369 e. The standard InChI is InChI=1S/C14H27N3O2/c1-11(2)17(9-13(15)18)10-14(19)16-12-7-5-3-4-6-8-12/h11-12H,3-10H2,1-2H3,(H2,15,18)(H,16,19). The summed E-state index contributed by atoms with van der Waals surface area (Å²) in [6.07, 6.45) is 7.07. The highest BCUT2D eigenvalue weighted by Gasteiger charge is 2.19. The average molecular weight is 269 g/mol. The van der Waals surface area contributed by atoms with Crippen LogP contribution in [0, 0.1) is 0 Å². The monoisotopic (exact) mass is 269 g/mol. The minimum atomic E-state index is -0.393. The summed E-state index contributed by atoms with van der Waals surface area (Å²) in [5, 5.41) is 3.08.